The summed E-state index contributed by atoms with van der Waals surface area (Å²) in [6.45, 7) is 5.51. The molecule has 0 atom stereocenters. The lowest BCUT2D eigenvalue weighted by Gasteiger charge is -2.33. The molecule has 2 N–H and O–H groups in total. The van der Waals surface area contributed by atoms with E-state index in [1.54, 1.807) is 0 Å². The van der Waals surface area contributed by atoms with Gasteiger partial charge in [-0.15, -0.1) is 0 Å². The fourth-order valence-electron chi connectivity index (χ4n) is 1.81. The molecule has 0 spiro atoms. The van der Waals surface area contributed by atoms with E-state index in [2.05, 4.69) is 33.1 Å². The standard InChI is InChI=1S/C10H13BrN2O3/c1-3-4-10(5-6(2)11)7(14)12-9(16)13-8(10)15/h2-5H2,1H3,(H2,12,13,14,15,16). The molecule has 0 saturated carbocycles. The summed E-state index contributed by atoms with van der Waals surface area (Å²) in [6, 6.07) is -0.762. The van der Waals surface area contributed by atoms with Gasteiger partial charge in [-0.25, -0.2) is 4.79 Å². The maximum Gasteiger partial charge on any atom is 0.328 e. The summed E-state index contributed by atoms with van der Waals surface area (Å²) in [4.78, 5) is 34.6. The first-order valence-corrected chi connectivity index (χ1v) is 5.72. The Morgan fingerprint density at radius 3 is 2.19 bits per heavy atom. The van der Waals surface area contributed by atoms with Crippen molar-refractivity contribution in [3.05, 3.63) is 11.1 Å². The average molecular weight is 289 g/mol. The Kier molecular flexibility index (Phi) is 3.85. The van der Waals surface area contributed by atoms with Gasteiger partial charge in [0.2, 0.25) is 11.8 Å². The van der Waals surface area contributed by atoms with Crippen molar-refractivity contribution in [2.24, 2.45) is 5.41 Å². The fourth-order valence-corrected chi connectivity index (χ4v) is 2.29. The van der Waals surface area contributed by atoms with Crippen LogP contribution in [0.2, 0.25) is 0 Å². The SMILES string of the molecule is C=C(Br)CC1(CCC)C(=O)NC(=O)NC1=O. The molecule has 0 unspecified atom stereocenters. The molecule has 1 aliphatic rings. The summed E-state index contributed by atoms with van der Waals surface area (Å²) in [7, 11) is 0. The minimum Gasteiger partial charge on any atom is -0.277 e. The van der Waals surface area contributed by atoms with Gasteiger partial charge in [-0.1, -0.05) is 35.9 Å². The van der Waals surface area contributed by atoms with Gasteiger partial charge in [-0.05, 0) is 10.9 Å². The van der Waals surface area contributed by atoms with E-state index in [9.17, 15) is 14.4 Å². The van der Waals surface area contributed by atoms with Gasteiger partial charge >= 0.3 is 6.03 Å². The number of allylic oxidation sites excluding steroid dienone is 1. The first kappa shape index (κ1) is 12.9. The third-order valence-corrected chi connectivity index (χ3v) is 2.77. The van der Waals surface area contributed by atoms with Gasteiger partial charge in [-0.2, -0.15) is 0 Å². The minimum absolute atomic E-state index is 0.186. The molecule has 1 heterocycles. The number of hydrogen-bond donors (Lipinski definition) is 2. The second-order valence-corrected chi connectivity index (χ2v) is 4.88. The van der Waals surface area contributed by atoms with Crippen LogP contribution in [0.4, 0.5) is 4.79 Å². The molecule has 1 saturated heterocycles. The second-order valence-electron chi connectivity index (χ2n) is 3.76. The van der Waals surface area contributed by atoms with Gasteiger partial charge in [0.15, 0.2) is 0 Å². The number of nitrogens with one attached hydrogen (secondary N) is 2. The molecule has 1 fully saturated rings. The summed E-state index contributed by atoms with van der Waals surface area (Å²) >= 11 is 3.15. The van der Waals surface area contributed by atoms with Crippen LogP contribution in [0.5, 0.6) is 0 Å². The minimum atomic E-state index is -1.22. The van der Waals surface area contributed by atoms with E-state index >= 15 is 0 Å². The lowest BCUT2D eigenvalue weighted by Crippen LogP contribution is -2.62. The second kappa shape index (κ2) is 4.78. The number of rotatable bonds is 4. The van der Waals surface area contributed by atoms with E-state index in [0.717, 1.165) is 0 Å². The normalized spacial score (nSPS) is 19.0. The number of halogens is 1. The Morgan fingerprint density at radius 1 is 1.31 bits per heavy atom. The van der Waals surface area contributed by atoms with Gasteiger partial charge in [0, 0.05) is 6.42 Å². The number of urea groups is 1. The lowest BCUT2D eigenvalue weighted by molar-refractivity contribution is -0.144. The zero-order valence-electron chi connectivity index (χ0n) is 8.93. The van der Waals surface area contributed by atoms with E-state index in [0.29, 0.717) is 17.3 Å². The third-order valence-electron chi connectivity index (χ3n) is 2.49. The molecule has 1 rings (SSSR count). The van der Waals surface area contributed by atoms with Crippen LogP contribution < -0.4 is 10.6 Å². The molecule has 0 aromatic heterocycles. The van der Waals surface area contributed by atoms with Crippen LogP contribution in [-0.2, 0) is 9.59 Å². The molecule has 1 aliphatic heterocycles. The summed E-state index contributed by atoms with van der Waals surface area (Å²) < 4.78 is 0.556. The van der Waals surface area contributed by atoms with Crippen LogP contribution in [-0.4, -0.2) is 17.8 Å². The molecule has 88 valence electrons. The van der Waals surface area contributed by atoms with Crippen LogP contribution in [0.15, 0.2) is 11.1 Å². The number of barbiturate groups is 1. The van der Waals surface area contributed by atoms with Gasteiger partial charge in [0.1, 0.15) is 5.41 Å². The van der Waals surface area contributed by atoms with E-state index in [-0.39, 0.29) is 6.42 Å². The summed E-state index contributed by atoms with van der Waals surface area (Å²) in [5.74, 6) is -1.10. The van der Waals surface area contributed by atoms with Crippen LogP contribution in [0.25, 0.3) is 0 Å². The predicted molar refractivity (Wildman–Crippen MR) is 61.7 cm³/mol. The summed E-state index contributed by atoms with van der Waals surface area (Å²) in [5, 5.41) is 4.24. The third kappa shape index (κ3) is 2.32. The Balaban J connectivity index is 3.06. The molecule has 0 bridgehead atoms. The molecule has 6 heteroatoms. The molecular weight excluding hydrogens is 276 g/mol. The first-order chi connectivity index (χ1) is 7.42. The zero-order chi connectivity index (χ0) is 12.3. The highest BCUT2D eigenvalue weighted by atomic mass is 79.9. The van der Waals surface area contributed by atoms with E-state index in [4.69, 9.17) is 0 Å². The van der Waals surface area contributed by atoms with Crippen molar-refractivity contribution >= 4 is 33.8 Å². The highest BCUT2D eigenvalue weighted by Crippen LogP contribution is 2.35. The van der Waals surface area contributed by atoms with E-state index in [1.807, 2.05) is 6.92 Å². The molecule has 5 nitrogen and oxygen atoms in total. The lowest BCUT2D eigenvalue weighted by atomic mass is 9.77. The van der Waals surface area contributed by atoms with Crippen molar-refractivity contribution in [1.82, 2.24) is 10.6 Å². The highest BCUT2D eigenvalue weighted by molar-refractivity contribution is 9.11. The smallest absolute Gasteiger partial charge is 0.277 e. The first-order valence-electron chi connectivity index (χ1n) is 4.92. The fraction of sp³-hybridized carbons (Fsp3) is 0.500. The largest absolute Gasteiger partial charge is 0.328 e. The Hall–Kier alpha value is -1.17. The van der Waals surface area contributed by atoms with Crippen molar-refractivity contribution in [1.29, 1.82) is 0 Å². The zero-order valence-corrected chi connectivity index (χ0v) is 10.5. The van der Waals surface area contributed by atoms with E-state index in [1.165, 1.54) is 0 Å². The van der Waals surface area contributed by atoms with Crippen molar-refractivity contribution in [3.63, 3.8) is 0 Å². The van der Waals surface area contributed by atoms with Crippen LogP contribution in [0.1, 0.15) is 26.2 Å². The van der Waals surface area contributed by atoms with Gasteiger partial charge in [-0.3, -0.25) is 20.2 Å². The predicted octanol–water partition coefficient (Wildman–Crippen LogP) is 1.44. The van der Waals surface area contributed by atoms with Crippen LogP contribution in [0, 0.1) is 5.41 Å². The maximum atomic E-state index is 11.8. The maximum absolute atomic E-state index is 11.8. The quantitative estimate of drug-likeness (QED) is 0.769. The highest BCUT2D eigenvalue weighted by Gasteiger charge is 2.49. The Morgan fingerprint density at radius 2 is 1.81 bits per heavy atom. The Labute approximate surface area is 102 Å². The van der Waals surface area contributed by atoms with Gasteiger partial charge in [0.25, 0.3) is 0 Å². The molecule has 4 amide bonds. The van der Waals surface area contributed by atoms with Gasteiger partial charge < -0.3 is 0 Å². The number of carbonyl (C=O) groups is 3. The molecule has 0 aromatic rings. The van der Waals surface area contributed by atoms with Crippen LogP contribution >= 0.6 is 15.9 Å². The van der Waals surface area contributed by atoms with Crippen molar-refractivity contribution in [3.8, 4) is 0 Å². The number of amides is 4. The van der Waals surface area contributed by atoms with Crippen LogP contribution in [0.3, 0.4) is 0 Å². The molecular formula is C10H13BrN2O3. The molecule has 0 aliphatic carbocycles. The topological polar surface area (TPSA) is 75.3 Å². The average Bonchev–Trinajstić information content (AvgIpc) is 2.13. The molecule has 16 heavy (non-hydrogen) atoms. The molecule has 0 aromatic carbocycles. The van der Waals surface area contributed by atoms with E-state index < -0.39 is 23.3 Å². The van der Waals surface area contributed by atoms with Crippen molar-refractivity contribution < 1.29 is 14.4 Å². The Bertz CT molecular complexity index is 345. The number of carbonyl (C=O) groups excluding carboxylic acids is 3. The van der Waals surface area contributed by atoms with Crippen molar-refractivity contribution in [2.75, 3.05) is 0 Å². The molecule has 0 radical (unpaired) electrons. The summed E-state index contributed by atoms with van der Waals surface area (Å²) in [5.41, 5.74) is -1.22. The monoisotopic (exact) mass is 288 g/mol. The van der Waals surface area contributed by atoms with Crippen molar-refractivity contribution in [2.45, 2.75) is 26.2 Å². The number of imide groups is 2. The van der Waals surface area contributed by atoms with Gasteiger partial charge in [0.05, 0.1) is 0 Å². The summed E-state index contributed by atoms with van der Waals surface area (Å²) in [6.07, 6.45) is 1.23. The number of hydrogen-bond acceptors (Lipinski definition) is 3.